The Balaban J connectivity index is 2.44. The molecular formula is C12H17BrN2O3. The Kier molecular flexibility index (Phi) is 6.67. The monoisotopic (exact) mass is 316 g/mol. The van der Waals surface area contributed by atoms with Gasteiger partial charge in [0.25, 0.3) is 5.69 Å². The lowest BCUT2D eigenvalue weighted by atomic mass is 10.2. The molecule has 1 aromatic rings. The number of nitro benzene ring substituents is 1. The van der Waals surface area contributed by atoms with E-state index in [1.54, 1.807) is 12.1 Å². The second-order valence-electron chi connectivity index (χ2n) is 3.81. The first kappa shape index (κ1) is 14.9. The first-order chi connectivity index (χ1) is 8.65. The maximum atomic E-state index is 10.9. The summed E-state index contributed by atoms with van der Waals surface area (Å²) in [4.78, 5) is 10.5. The summed E-state index contributed by atoms with van der Waals surface area (Å²) >= 11 is 3.22. The van der Waals surface area contributed by atoms with Crippen LogP contribution in [0.15, 0.2) is 22.7 Å². The molecule has 6 heteroatoms. The van der Waals surface area contributed by atoms with Gasteiger partial charge in [-0.2, -0.15) is 0 Å². The minimum Gasteiger partial charge on any atom is -0.381 e. The van der Waals surface area contributed by atoms with E-state index in [0.717, 1.165) is 19.4 Å². The highest BCUT2D eigenvalue weighted by atomic mass is 79.9. The molecule has 1 rings (SSSR count). The molecule has 5 nitrogen and oxygen atoms in total. The molecule has 0 amide bonds. The third kappa shape index (κ3) is 5.01. The SMILES string of the molecule is CCCOCCCNc1ccc(Br)cc1[N+](=O)[O-]. The highest BCUT2D eigenvalue weighted by Crippen LogP contribution is 2.27. The van der Waals surface area contributed by atoms with Crippen molar-refractivity contribution in [2.45, 2.75) is 19.8 Å². The lowest BCUT2D eigenvalue weighted by Gasteiger charge is -2.07. The highest BCUT2D eigenvalue weighted by molar-refractivity contribution is 9.10. The molecular weight excluding hydrogens is 300 g/mol. The standard InChI is InChI=1S/C12H17BrN2O3/c1-2-7-18-8-3-6-14-11-5-4-10(13)9-12(11)15(16)17/h4-5,9,14H,2-3,6-8H2,1H3. The van der Waals surface area contributed by atoms with E-state index in [1.165, 1.54) is 6.07 Å². The van der Waals surface area contributed by atoms with Gasteiger partial charge >= 0.3 is 0 Å². The first-order valence-electron chi connectivity index (χ1n) is 5.90. The summed E-state index contributed by atoms with van der Waals surface area (Å²) in [6.45, 7) is 4.15. The average Bonchev–Trinajstić information content (AvgIpc) is 2.35. The Bertz CT molecular complexity index is 399. The zero-order valence-corrected chi connectivity index (χ0v) is 11.9. The summed E-state index contributed by atoms with van der Waals surface area (Å²) < 4.78 is 6.04. The van der Waals surface area contributed by atoms with Crippen molar-refractivity contribution in [2.75, 3.05) is 25.1 Å². The van der Waals surface area contributed by atoms with Gasteiger partial charge in [0.2, 0.25) is 0 Å². The molecule has 0 saturated carbocycles. The number of ether oxygens (including phenoxy) is 1. The molecule has 0 aliphatic carbocycles. The molecule has 1 aromatic carbocycles. The normalized spacial score (nSPS) is 10.3. The molecule has 0 aliphatic rings. The van der Waals surface area contributed by atoms with E-state index in [1.807, 2.05) is 0 Å². The number of nitrogens with zero attached hydrogens (tertiary/aromatic N) is 1. The van der Waals surface area contributed by atoms with E-state index in [4.69, 9.17) is 4.74 Å². The van der Waals surface area contributed by atoms with Crippen molar-refractivity contribution in [3.8, 4) is 0 Å². The van der Waals surface area contributed by atoms with E-state index in [9.17, 15) is 10.1 Å². The average molecular weight is 317 g/mol. The molecule has 0 radical (unpaired) electrons. The number of rotatable bonds is 8. The van der Waals surface area contributed by atoms with Gasteiger partial charge in [0.15, 0.2) is 0 Å². The number of halogens is 1. The van der Waals surface area contributed by atoms with Gasteiger partial charge in [-0.25, -0.2) is 0 Å². The van der Waals surface area contributed by atoms with E-state index >= 15 is 0 Å². The number of hydrogen-bond donors (Lipinski definition) is 1. The molecule has 0 saturated heterocycles. The Labute approximate surface area is 115 Å². The van der Waals surface area contributed by atoms with Crippen LogP contribution in [0, 0.1) is 10.1 Å². The van der Waals surface area contributed by atoms with Gasteiger partial charge in [-0.15, -0.1) is 0 Å². The van der Waals surface area contributed by atoms with Gasteiger partial charge < -0.3 is 10.1 Å². The lowest BCUT2D eigenvalue weighted by Crippen LogP contribution is -2.07. The second-order valence-corrected chi connectivity index (χ2v) is 4.73. The Hall–Kier alpha value is -1.14. The van der Waals surface area contributed by atoms with Gasteiger partial charge in [-0.3, -0.25) is 10.1 Å². The predicted octanol–water partition coefficient (Wildman–Crippen LogP) is 3.59. The molecule has 0 fully saturated rings. The quantitative estimate of drug-likeness (QED) is 0.452. The maximum absolute atomic E-state index is 10.9. The zero-order valence-electron chi connectivity index (χ0n) is 10.3. The summed E-state index contributed by atoms with van der Waals surface area (Å²) in [5.74, 6) is 0. The number of nitro groups is 1. The second kappa shape index (κ2) is 8.05. The van der Waals surface area contributed by atoms with E-state index in [0.29, 0.717) is 23.3 Å². The van der Waals surface area contributed by atoms with Gasteiger partial charge in [0.1, 0.15) is 5.69 Å². The van der Waals surface area contributed by atoms with Crippen LogP contribution in [0.3, 0.4) is 0 Å². The number of benzene rings is 1. The summed E-state index contributed by atoms with van der Waals surface area (Å²) in [5.41, 5.74) is 0.623. The number of nitrogens with one attached hydrogen (secondary N) is 1. The molecule has 0 spiro atoms. The maximum Gasteiger partial charge on any atom is 0.293 e. The topological polar surface area (TPSA) is 64.4 Å². The van der Waals surface area contributed by atoms with Crippen LogP contribution in [0.1, 0.15) is 19.8 Å². The van der Waals surface area contributed by atoms with Gasteiger partial charge in [-0.05, 0) is 25.0 Å². The molecule has 100 valence electrons. The lowest BCUT2D eigenvalue weighted by molar-refractivity contribution is -0.384. The van der Waals surface area contributed by atoms with Crippen LogP contribution in [-0.4, -0.2) is 24.7 Å². The summed E-state index contributed by atoms with van der Waals surface area (Å²) in [5, 5.41) is 13.9. The molecule has 0 bridgehead atoms. The molecule has 0 aliphatic heterocycles. The van der Waals surface area contributed by atoms with Gasteiger partial charge in [0.05, 0.1) is 4.92 Å². The van der Waals surface area contributed by atoms with E-state index < -0.39 is 0 Å². The largest absolute Gasteiger partial charge is 0.381 e. The third-order valence-electron chi connectivity index (χ3n) is 2.29. The molecule has 0 heterocycles. The van der Waals surface area contributed by atoms with Crippen LogP contribution in [-0.2, 0) is 4.74 Å². The third-order valence-corrected chi connectivity index (χ3v) is 2.78. The van der Waals surface area contributed by atoms with Crippen LogP contribution in [0.4, 0.5) is 11.4 Å². The molecule has 1 N–H and O–H groups in total. The minimum atomic E-state index is -0.388. The molecule has 18 heavy (non-hydrogen) atoms. The fraction of sp³-hybridized carbons (Fsp3) is 0.500. The van der Waals surface area contributed by atoms with Crippen LogP contribution in [0.5, 0.6) is 0 Å². The van der Waals surface area contributed by atoms with Crippen molar-refractivity contribution in [1.29, 1.82) is 0 Å². The predicted molar refractivity (Wildman–Crippen MR) is 75.0 cm³/mol. The van der Waals surface area contributed by atoms with Crippen molar-refractivity contribution < 1.29 is 9.66 Å². The molecule has 0 atom stereocenters. The van der Waals surface area contributed by atoms with Crippen LogP contribution in [0.25, 0.3) is 0 Å². The van der Waals surface area contributed by atoms with E-state index in [2.05, 4.69) is 28.2 Å². The number of anilines is 1. The van der Waals surface area contributed by atoms with E-state index in [-0.39, 0.29) is 10.6 Å². The minimum absolute atomic E-state index is 0.0823. The highest BCUT2D eigenvalue weighted by Gasteiger charge is 2.13. The fourth-order valence-corrected chi connectivity index (χ4v) is 1.80. The van der Waals surface area contributed by atoms with Crippen molar-refractivity contribution in [3.63, 3.8) is 0 Å². The Morgan fingerprint density at radius 1 is 1.44 bits per heavy atom. The van der Waals surface area contributed by atoms with Crippen LogP contribution >= 0.6 is 15.9 Å². The summed E-state index contributed by atoms with van der Waals surface area (Å²) in [7, 11) is 0. The summed E-state index contributed by atoms with van der Waals surface area (Å²) in [6.07, 6.45) is 1.83. The first-order valence-corrected chi connectivity index (χ1v) is 6.70. The molecule has 0 unspecified atom stereocenters. The van der Waals surface area contributed by atoms with Crippen molar-refractivity contribution >= 4 is 27.3 Å². The van der Waals surface area contributed by atoms with Crippen LogP contribution in [0.2, 0.25) is 0 Å². The van der Waals surface area contributed by atoms with Gasteiger partial charge in [-0.1, -0.05) is 22.9 Å². The van der Waals surface area contributed by atoms with Crippen molar-refractivity contribution in [1.82, 2.24) is 0 Å². The van der Waals surface area contributed by atoms with Crippen molar-refractivity contribution in [2.24, 2.45) is 0 Å². The molecule has 0 aromatic heterocycles. The smallest absolute Gasteiger partial charge is 0.293 e. The zero-order chi connectivity index (χ0) is 13.4. The Morgan fingerprint density at radius 3 is 2.89 bits per heavy atom. The summed E-state index contributed by atoms with van der Waals surface area (Å²) in [6, 6.07) is 4.98. The van der Waals surface area contributed by atoms with Gasteiger partial charge in [0, 0.05) is 30.3 Å². The fourth-order valence-electron chi connectivity index (χ4n) is 1.45. The Morgan fingerprint density at radius 2 is 2.22 bits per heavy atom. The number of hydrogen-bond acceptors (Lipinski definition) is 4. The van der Waals surface area contributed by atoms with Crippen molar-refractivity contribution in [3.05, 3.63) is 32.8 Å². The van der Waals surface area contributed by atoms with Crippen LogP contribution < -0.4 is 5.32 Å².